The van der Waals surface area contributed by atoms with Gasteiger partial charge in [-0.1, -0.05) is 26.0 Å². The van der Waals surface area contributed by atoms with E-state index >= 15 is 0 Å². The van der Waals surface area contributed by atoms with Crippen LogP contribution in [0.15, 0.2) is 18.2 Å². The quantitative estimate of drug-likeness (QED) is 0.805. The molecular weight excluding hydrogens is 263 g/mol. The molecular formula is C18H31FN2. The van der Waals surface area contributed by atoms with Crippen LogP contribution in [0.3, 0.4) is 0 Å². The lowest BCUT2D eigenvalue weighted by Crippen LogP contribution is -2.35. The van der Waals surface area contributed by atoms with Crippen LogP contribution in [-0.4, -0.2) is 23.5 Å². The second-order valence-corrected chi connectivity index (χ2v) is 6.91. The maximum atomic E-state index is 14.0. The molecule has 1 N–H and O–H groups in total. The van der Waals surface area contributed by atoms with Gasteiger partial charge in [0.15, 0.2) is 0 Å². The summed E-state index contributed by atoms with van der Waals surface area (Å²) in [4.78, 5) is 2.25. The van der Waals surface area contributed by atoms with Gasteiger partial charge in [0.1, 0.15) is 5.82 Å². The van der Waals surface area contributed by atoms with E-state index in [4.69, 9.17) is 0 Å². The minimum Gasteiger partial charge on any atom is -0.308 e. The van der Waals surface area contributed by atoms with Gasteiger partial charge in [0.2, 0.25) is 0 Å². The summed E-state index contributed by atoms with van der Waals surface area (Å²) >= 11 is 0. The van der Waals surface area contributed by atoms with Gasteiger partial charge in [0, 0.05) is 30.2 Å². The first-order valence-corrected chi connectivity index (χ1v) is 7.99. The number of nitrogens with zero attached hydrogens (tertiary/aromatic N) is 1. The molecule has 1 aromatic rings. The van der Waals surface area contributed by atoms with Crippen LogP contribution in [0, 0.1) is 5.82 Å². The first-order chi connectivity index (χ1) is 9.76. The summed E-state index contributed by atoms with van der Waals surface area (Å²) < 4.78 is 14.0. The molecule has 0 atom stereocenters. The van der Waals surface area contributed by atoms with Crippen molar-refractivity contribution in [1.29, 1.82) is 0 Å². The molecule has 0 fully saturated rings. The van der Waals surface area contributed by atoms with Crippen molar-refractivity contribution >= 4 is 0 Å². The monoisotopic (exact) mass is 294 g/mol. The van der Waals surface area contributed by atoms with Crippen molar-refractivity contribution in [3.05, 3.63) is 35.1 Å². The van der Waals surface area contributed by atoms with Gasteiger partial charge in [-0.15, -0.1) is 0 Å². The first-order valence-electron chi connectivity index (χ1n) is 7.99. The molecule has 0 saturated heterocycles. The van der Waals surface area contributed by atoms with Crippen LogP contribution in [0.2, 0.25) is 0 Å². The Morgan fingerprint density at radius 2 is 1.81 bits per heavy atom. The van der Waals surface area contributed by atoms with Crippen LogP contribution < -0.4 is 5.32 Å². The van der Waals surface area contributed by atoms with Crippen LogP contribution in [0.5, 0.6) is 0 Å². The standard InChI is InChI=1S/C18H31FN2/c1-7-16(8-2)21(6)13-15-11-14(9-10-17(15)19)12-20-18(3,4)5/h9-11,16,20H,7-8,12-13H2,1-6H3. The zero-order chi connectivity index (χ0) is 16.0. The highest BCUT2D eigenvalue weighted by Gasteiger charge is 2.14. The minimum atomic E-state index is -0.104. The van der Waals surface area contributed by atoms with Gasteiger partial charge >= 0.3 is 0 Å². The normalized spacial score (nSPS) is 12.4. The fourth-order valence-corrected chi connectivity index (χ4v) is 2.54. The maximum absolute atomic E-state index is 14.0. The van der Waals surface area contributed by atoms with Crippen LogP contribution in [0.1, 0.15) is 58.6 Å². The Labute approximate surface area is 129 Å². The highest BCUT2D eigenvalue weighted by Crippen LogP contribution is 2.16. The topological polar surface area (TPSA) is 15.3 Å². The molecule has 3 heteroatoms. The second-order valence-electron chi connectivity index (χ2n) is 6.91. The predicted octanol–water partition coefficient (Wildman–Crippen LogP) is 4.33. The molecule has 21 heavy (non-hydrogen) atoms. The number of halogens is 1. The molecule has 120 valence electrons. The van der Waals surface area contributed by atoms with Crippen molar-refractivity contribution in [2.24, 2.45) is 0 Å². The SMILES string of the molecule is CCC(CC)N(C)Cc1cc(CNC(C)(C)C)ccc1F. The van der Waals surface area contributed by atoms with E-state index in [1.54, 1.807) is 6.07 Å². The average Bonchev–Trinajstić information content (AvgIpc) is 2.40. The van der Waals surface area contributed by atoms with E-state index in [2.05, 4.69) is 51.9 Å². The van der Waals surface area contributed by atoms with Crippen molar-refractivity contribution in [2.75, 3.05) is 7.05 Å². The summed E-state index contributed by atoms with van der Waals surface area (Å²) in [5, 5.41) is 3.45. The van der Waals surface area contributed by atoms with E-state index in [0.29, 0.717) is 12.6 Å². The van der Waals surface area contributed by atoms with Crippen molar-refractivity contribution in [1.82, 2.24) is 10.2 Å². The third-order valence-corrected chi connectivity index (χ3v) is 3.92. The lowest BCUT2D eigenvalue weighted by Gasteiger charge is -2.26. The molecule has 1 aromatic carbocycles. The smallest absolute Gasteiger partial charge is 0.127 e. The molecule has 0 aliphatic rings. The maximum Gasteiger partial charge on any atom is 0.127 e. The van der Waals surface area contributed by atoms with E-state index < -0.39 is 0 Å². The zero-order valence-corrected chi connectivity index (χ0v) is 14.5. The van der Waals surface area contributed by atoms with Crippen LogP contribution in [-0.2, 0) is 13.1 Å². The number of benzene rings is 1. The molecule has 0 heterocycles. The Balaban J connectivity index is 2.78. The van der Waals surface area contributed by atoms with Gasteiger partial charge in [-0.2, -0.15) is 0 Å². The van der Waals surface area contributed by atoms with E-state index in [1.165, 1.54) is 0 Å². The van der Waals surface area contributed by atoms with E-state index in [9.17, 15) is 4.39 Å². The Morgan fingerprint density at radius 3 is 2.33 bits per heavy atom. The number of rotatable bonds is 7. The third kappa shape index (κ3) is 6.15. The summed E-state index contributed by atoms with van der Waals surface area (Å²) in [6.45, 7) is 12.2. The van der Waals surface area contributed by atoms with Gasteiger partial charge in [0.05, 0.1) is 0 Å². The first kappa shape index (κ1) is 18.1. The van der Waals surface area contributed by atoms with Gasteiger partial charge in [-0.25, -0.2) is 4.39 Å². The lowest BCUT2D eigenvalue weighted by atomic mass is 10.1. The molecule has 0 aliphatic heterocycles. The van der Waals surface area contributed by atoms with Gasteiger partial charge in [-0.3, -0.25) is 4.90 Å². The molecule has 1 rings (SSSR count). The summed E-state index contributed by atoms with van der Waals surface area (Å²) in [5.41, 5.74) is 2.00. The molecule has 0 saturated carbocycles. The van der Waals surface area contributed by atoms with Gasteiger partial charge in [-0.05, 0) is 52.3 Å². The second kappa shape index (κ2) is 7.90. The fourth-order valence-electron chi connectivity index (χ4n) is 2.54. The number of hydrogen-bond donors (Lipinski definition) is 1. The predicted molar refractivity (Wildman–Crippen MR) is 88.8 cm³/mol. The summed E-state index contributed by atoms with van der Waals surface area (Å²) in [6.07, 6.45) is 2.19. The highest BCUT2D eigenvalue weighted by molar-refractivity contribution is 5.25. The van der Waals surface area contributed by atoms with Crippen molar-refractivity contribution < 1.29 is 4.39 Å². The summed E-state index contributed by atoms with van der Waals surface area (Å²) in [6, 6.07) is 5.97. The van der Waals surface area contributed by atoms with Crippen molar-refractivity contribution in [3.63, 3.8) is 0 Å². The van der Waals surface area contributed by atoms with Crippen LogP contribution in [0.4, 0.5) is 4.39 Å². The molecule has 0 aromatic heterocycles. The average molecular weight is 294 g/mol. The Bertz CT molecular complexity index is 433. The van der Waals surface area contributed by atoms with E-state index in [-0.39, 0.29) is 11.4 Å². The van der Waals surface area contributed by atoms with Gasteiger partial charge < -0.3 is 5.32 Å². The molecule has 2 nitrogen and oxygen atoms in total. The molecule has 0 aliphatic carbocycles. The molecule has 0 bridgehead atoms. The Morgan fingerprint density at radius 1 is 1.19 bits per heavy atom. The summed E-state index contributed by atoms with van der Waals surface area (Å²) in [7, 11) is 2.08. The Kier molecular flexibility index (Phi) is 6.82. The molecule has 0 radical (unpaired) electrons. The lowest BCUT2D eigenvalue weighted by molar-refractivity contribution is 0.219. The Hall–Kier alpha value is -0.930. The highest BCUT2D eigenvalue weighted by atomic mass is 19.1. The zero-order valence-electron chi connectivity index (χ0n) is 14.5. The fraction of sp³-hybridized carbons (Fsp3) is 0.667. The van der Waals surface area contributed by atoms with E-state index in [1.807, 2.05) is 12.1 Å². The van der Waals surface area contributed by atoms with Crippen LogP contribution in [0.25, 0.3) is 0 Å². The third-order valence-electron chi connectivity index (χ3n) is 3.92. The van der Waals surface area contributed by atoms with Gasteiger partial charge in [0.25, 0.3) is 0 Å². The van der Waals surface area contributed by atoms with Crippen molar-refractivity contribution in [3.8, 4) is 0 Å². The number of hydrogen-bond acceptors (Lipinski definition) is 2. The molecule has 0 amide bonds. The number of nitrogens with one attached hydrogen (secondary N) is 1. The largest absolute Gasteiger partial charge is 0.308 e. The minimum absolute atomic E-state index is 0.0703. The van der Waals surface area contributed by atoms with Crippen LogP contribution >= 0.6 is 0 Å². The van der Waals surface area contributed by atoms with E-state index in [0.717, 1.165) is 30.5 Å². The molecule has 0 unspecified atom stereocenters. The molecule has 0 spiro atoms. The summed E-state index contributed by atoms with van der Waals surface area (Å²) in [5.74, 6) is -0.104. The van der Waals surface area contributed by atoms with Crippen molar-refractivity contribution in [2.45, 2.75) is 72.1 Å².